The fourth-order valence-electron chi connectivity index (χ4n) is 2.42. The van der Waals surface area contributed by atoms with Crippen LogP contribution in [0, 0.1) is 11.6 Å². The van der Waals surface area contributed by atoms with E-state index >= 15 is 0 Å². The SMILES string of the molecule is CC(c1cc(F)ccc1F)N(C)C(=O)CN(C)S(=O)(=O)c1ccccc1. The molecule has 0 aliphatic heterocycles. The fourth-order valence-corrected chi connectivity index (χ4v) is 3.56. The average molecular weight is 382 g/mol. The molecule has 0 saturated carbocycles. The number of carbonyl (C=O) groups is 1. The van der Waals surface area contributed by atoms with Gasteiger partial charge in [0.15, 0.2) is 0 Å². The zero-order valence-corrected chi connectivity index (χ0v) is 15.5. The highest BCUT2D eigenvalue weighted by molar-refractivity contribution is 7.89. The summed E-state index contributed by atoms with van der Waals surface area (Å²) in [5.74, 6) is -1.79. The van der Waals surface area contributed by atoms with Crippen LogP contribution in [0.25, 0.3) is 0 Å². The molecule has 0 heterocycles. The highest BCUT2D eigenvalue weighted by Gasteiger charge is 2.26. The predicted octanol–water partition coefficient (Wildman–Crippen LogP) is 2.80. The average Bonchev–Trinajstić information content (AvgIpc) is 2.63. The van der Waals surface area contributed by atoms with Gasteiger partial charge in [-0.2, -0.15) is 4.31 Å². The Morgan fingerprint density at radius 3 is 2.31 bits per heavy atom. The lowest BCUT2D eigenvalue weighted by Gasteiger charge is -2.27. The Labute approximate surface area is 151 Å². The molecular weight excluding hydrogens is 362 g/mol. The first kappa shape index (κ1) is 20.0. The summed E-state index contributed by atoms with van der Waals surface area (Å²) in [5.41, 5.74) is 0.0226. The van der Waals surface area contributed by atoms with E-state index in [1.54, 1.807) is 25.1 Å². The first-order valence-electron chi connectivity index (χ1n) is 7.86. The summed E-state index contributed by atoms with van der Waals surface area (Å²) in [4.78, 5) is 13.7. The molecule has 0 radical (unpaired) electrons. The van der Waals surface area contributed by atoms with Gasteiger partial charge in [-0.3, -0.25) is 4.79 Å². The van der Waals surface area contributed by atoms with Crippen LogP contribution in [-0.4, -0.2) is 44.2 Å². The van der Waals surface area contributed by atoms with E-state index in [9.17, 15) is 22.0 Å². The zero-order chi connectivity index (χ0) is 19.5. The van der Waals surface area contributed by atoms with Gasteiger partial charge < -0.3 is 4.90 Å². The molecule has 1 unspecified atom stereocenters. The van der Waals surface area contributed by atoms with Crippen LogP contribution in [0.3, 0.4) is 0 Å². The van der Waals surface area contributed by atoms with Gasteiger partial charge in [0.25, 0.3) is 0 Å². The Bertz CT molecular complexity index is 889. The largest absolute Gasteiger partial charge is 0.338 e. The van der Waals surface area contributed by atoms with Crippen LogP contribution in [0.2, 0.25) is 0 Å². The molecule has 2 aromatic rings. The molecule has 1 amide bonds. The molecule has 0 saturated heterocycles. The highest BCUT2D eigenvalue weighted by Crippen LogP contribution is 2.23. The van der Waals surface area contributed by atoms with Gasteiger partial charge in [-0.1, -0.05) is 18.2 Å². The number of likely N-dealkylation sites (N-methyl/N-ethyl adjacent to an activating group) is 2. The maximum atomic E-state index is 13.9. The van der Waals surface area contributed by atoms with Crippen molar-refractivity contribution >= 4 is 15.9 Å². The summed E-state index contributed by atoms with van der Waals surface area (Å²) in [7, 11) is -1.11. The van der Waals surface area contributed by atoms with Crippen LogP contribution in [0.4, 0.5) is 8.78 Å². The quantitative estimate of drug-likeness (QED) is 0.772. The topological polar surface area (TPSA) is 57.7 Å². The Morgan fingerprint density at radius 2 is 1.69 bits per heavy atom. The number of hydrogen-bond donors (Lipinski definition) is 0. The molecule has 0 aromatic heterocycles. The lowest BCUT2D eigenvalue weighted by atomic mass is 10.1. The van der Waals surface area contributed by atoms with Gasteiger partial charge in [0.05, 0.1) is 17.5 Å². The lowest BCUT2D eigenvalue weighted by Crippen LogP contribution is -2.40. The van der Waals surface area contributed by atoms with Crippen LogP contribution in [0.5, 0.6) is 0 Å². The monoisotopic (exact) mass is 382 g/mol. The number of sulfonamides is 1. The molecule has 2 rings (SSSR count). The Balaban J connectivity index is 2.14. The van der Waals surface area contributed by atoms with Crippen LogP contribution in [0.1, 0.15) is 18.5 Å². The molecular formula is C18H20F2N2O3S. The first-order valence-corrected chi connectivity index (χ1v) is 9.30. The number of carbonyl (C=O) groups excluding carboxylic acids is 1. The second-order valence-corrected chi connectivity index (χ2v) is 7.97. The van der Waals surface area contributed by atoms with Gasteiger partial charge in [0, 0.05) is 19.7 Å². The van der Waals surface area contributed by atoms with Crippen molar-refractivity contribution in [3.8, 4) is 0 Å². The molecule has 140 valence electrons. The van der Waals surface area contributed by atoms with Crippen molar-refractivity contribution in [2.45, 2.75) is 17.9 Å². The van der Waals surface area contributed by atoms with Gasteiger partial charge in [-0.15, -0.1) is 0 Å². The van der Waals surface area contributed by atoms with E-state index in [1.807, 2.05) is 0 Å². The van der Waals surface area contributed by atoms with Gasteiger partial charge >= 0.3 is 0 Å². The number of halogens is 2. The van der Waals surface area contributed by atoms with Gasteiger partial charge in [0.2, 0.25) is 15.9 Å². The summed E-state index contributed by atoms with van der Waals surface area (Å²) < 4.78 is 53.1. The van der Waals surface area contributed by atoms with Crippen molar-refractivity contribution in [2.24, 2.45) is 0 Å². The minimum Gasteiger partial charge on any atom is -0.338 e. The molecule has 0 fully saturated rings. The second-order valence-electron chi connectivity index (χ2n) is 5.92. The molecule has 0 aliphatic carbocycles. The van der Waals surface area contributed by atoms with Crippen molar-refractivity contribution in [2.75, 3.05) is 20.6 Å². The highest BCUT2D eigenvalue weighted by atomic mass is 32.2. The summed E-state index contributed by atoms with van der Waals surface area (Å²) >= 11 is 0. The third-order valence-electron chi connectivity index (χ3n) is 4.19. The van der Waals surface area contributed by atoms with Gasteiger partial charge in [-0.05, 0) is 37.3 Å². The number of nitrogens with zero attached hydrogens (tertiary/aromatic N) is 2. The first-order chi connectivity index (χ1) is 12.1. The molecule has 0 aliphatic rings. The van der Waals surface area contributed by atoms with Crippen molar-refractivity contribution < 1.29 is 22.0 Å². The minimum atomic E-state index is -3.82. The van der Waals surface area contributed by atoms with Crippen LogP contribution < -0.4 is 0 Å². The summed E-state index contributed by atoms with van der Waals surface area (Å²) in [6.45, 7) is 1.12. The number of hydrogen-bond acceptors (Lipinski definition) is 3. The molecule has 1 atom stereocenters. The third kappa shape index (κ3) is 4.25. The second kappa shape index (κ2) is 7.92. The number of benzene rings is 2. The Kier molecular flexibility index (Phi) is 6.09. The van der Waals surface area contributed by atoms with Crippen molar-refractivity contribution in [1.29, 1.82) is 0 Å². The van der Waals surface area contributed by atoms with Crippen LogP contribution in [-0.2, 0) is 14.8 Å². The normalized spacial score (nSPS) is 12.8. The van der Waals surface area contributed by atoms with Crippen LogP contribution in [0.15, 0.2) is 53.4 Å². The van der Waals surface area contributed by atoms with Crippen molar-refractivity contribution in [3.63, 3.8) is 0 Å². The molecule has 8 heteroatoms. The predicted molar refractivity (Wildman–Crippen MR) is 93.8 cm³/mol. The summed E-state index contributed by atoms with van der Waals surface area (Å²) in [6.07, 6.45) is 0. The fraction of sp³-hybridized carbons (Fsp3) is 0.278. The van der Waals surface area contributed by atoms with Crippen molar-refractivity contribution in [3.05, 3.63) is 65.7 Å². The summed E-state index contributed by atoms with van der Waals surface area (Å²) in [5, 5.41) is 0. The van der Waals surface area contributed by atoms with E-state index in [4.69, 9.17) is 0 Å². The maximum absolute atomic E-state index is 13.9. The van der Waals surface area contributed by atoms with Gasteiger partial charge in [0.1, 0.15) is 11.6 Å². The number of rotatable bonds is 6. The molecule has 0 spiro atoms. The maximum Gasteiger partial charge on any atom is 0.243 e. The molecule has 5 nitrogen and oxygen atoms in total. The third-order valence-corrected chi connectivity index (χ3v) is 6.01. The summed E-state index contributed by atoms with van der Waals surface area (Å²) in [6, 6.07) is 9.98. The van der Waals surface area contributed by atoms with E-state index in [-0.39, 0.29) is 10.5 Å². The number of amides is 1. The molecule has 2 aromatic carbocycles. The zero-order valence-electron chi connectivity index (χ0n) is 14.7. The Morgan fingerprint density at radius 1 is 1.08 bits per heavy atom. The van der Waals surface area contributed by atoms with Crippen LogP contribution >= 0.6 is 0 Å². The molecule has 0 bridgehead atoms. The molecule has 0 N–H and O–H groups in total. The van der Waals surface area contributed by atoms with Crippen molar-refractivity contribution in [1.82, 2.24) is 9.21 Å². The van der Waals surface area contributed by atoms with E-state index < -0.39 is 40.2 Å². The van der Waals surface area contributed by atoms with E-state index in [2.05, 4.69) is 0 Å². The smallest absolute Gasteiger partial charge is 0.243 e. The van der Waals surface area contributed by atoms with E-state index in [0.717, 1.165) is 22.5 Å². The molecule has 26 heavy (non-hydrogen) atoms. The Hall–Kier alpha value is -2.32. The standard InChI is InChI=1S/C18H20F2N2O3S/c1-13(16-11-14(19)9-10-17(16)20)22(3)18(23)12-21(2)26(24,25)15-7-5-4-6-8-15/h4-11,13H,12H2,1-3H3. The van der Waals surface area contributed by atoms with E-state index in [0.29, 0.717) is 0 Å². The van der Waals surface area contributed by atoms with E-state index in [1.165, 1.54) is 31.1 Å². The lowest BCUT2D eigenvalue weighted by molar-refractivity contribution is -0.131. The van der Waals surface area contributed by atoms with Gasteiger partial charge in [-0.25, -0.2) is 17.2 Å². The minimum absolute atomic E-state index is 0.0226.